The molecule has 1 fully saturated rings. The molecule has 1 aliphatic rings. The molecule has 15 heavy (non-hydrogen) atoms. The maximum atomic E-state index is 13.0. The first-order valence-electron chi connectivity index (χ1n) is 5.24. The smallest absolute Gasteiger partial charge is 0.125 e. The van der Waals surface area contributed by atoms with Crippen molar-refractivity contribution in [1.82, 2.24) is 0 Å². The maximum Gasteiger partial charge on any atom is 0.125 e. The number of benzene rings is 1. The number of nitrogens with one attached hydrogen (secondary N) is 1. The molecule has 1 aliphatic carbocycles. The Morgan fingerprint density at radius 2 is 2.13 bits per heavy atom. The third-order valence-corrected chi connectivity index (χ3v) is 2.99. The Morgan fingerprint density at radius 3 is 2.80 bits per heavy atom. The van der Waals surface area contributed by atoms with Crippen molar-refractivity contribution in [3.63, 3.8) is 0 Å². The van der Waals surface area contributed by atoms with Crippen molar-refractivity contribution in [1.29, 1.82) is 0 Å². The fourth-order valence-electron chi connectivity index (χ4n) is 1.85. The number of anilines is 1. The van der Waals surface area contributed by atoms with E-state index in [1.807, 2.05) is 6.92 Å². The second-order valence-electron chi connectivity index (χ2n) is 4.13. The molecule has 0 aliphatic heterocycles. The van der Waals surface area contributed by atoms with Gasteiger partial charge in [0.15, 0.2) is 0 Å². The van der Waals surface area contributed by atoms with E-state index in [-0.39, 0.29) is 5.82 Å². The first-order chi connectivity index (χ1) is 7.19. The molecule has 0 unspecified atom stereocenters. The summed E-state index contributed by atoms with van der Waals surface area (Å²) in [6.45, 7) is 1.98. The highest BCUT2D eigenvalue weighted by molar-refractivity contribution is 5.51. The van der Waals surface area contributed by atoms with Crippen LogP contribution in [0.5, 0.6) is 0 Å². The summed E-state index contributed by atoms with van der Waals surface area (Å²) in [6.07, 6.45) is 2.38. The average Bonchev–Trinajstić information content (AvgIpc) is 2.16. The molecule has 2 nitrogen and oxygen atoms in total. The molecule has 0 aromatic heterocycles. The molecule has 0 atom stereocenters. The Morgan fingerprint density at radius 1 is 1.40 bits per heavy atom. The van der Waals surface area contributed by atoms with E-state index >= 15 is 0 Å². The van der Waals surface area contributed by atoms with Crippen LogP contribution in [-0.2, 0) is 4.74 Å². The number of ether oxygens (including phenoxy) is 1. The number of aryl methyl sites for hydroxylation is 1. The first-order valence-corrected chi connectivity index (χ1v) is 5.24. The molecule has 0 saturated heterocycles. The molecule has 1 saturated carbocycles. The van der Waals surface area contributed by atoms with Crippen molar-refractivity contribution in [3.05, 3.63) is 29.6 Å². The van der Waals surface area contributed by atoms with Crippen molar-refractivity contribution in [2.45, 2.75) is 31.9 Å². The molecule has 0 amide bonds. The molecule has 0 heterocycles. The minimum atomic E-state index is -0.189. The van der Waals surface area contributed by atoms with Gasteiger partial charge in [0.05, 0.1) is 6.10 Å². The number of rotatable bonds is 3. The van der Waals surface area contributed by atoms with E-state index in [4.69, 9.17) is 4.74 Å². The molecule has 1 N–H and O–H groups in total. The fourth-order valence-corrected chi connectivity index (χ4v) is 1.85. The molecule has 3 heteroatoms. The van der Waals surface area contributed by atoms with Gasteiger partial charge in [-0.25, -0.2) is 4.39 Å². The van der Waals surface area contributed by atoms with Crippen molar-refractivity contribution >= 4 is 5.69 Å². The zero-order valence-electron chi connectivity index (χ0n) is 9.09. The van der Waals surface area contributed by atoms with Gasteiger partial charge in [0.2, 0.25) is 0 Å². The standard InChI is InChI=1S/C12H16FNO/c1-8-3-4-9(13)5-12(8)14-10-6-11(7-10)15-2/h3-5,10-11,14H,6-7H2,1-2H3. The van der Waals surface area contributed by atoms with E-state index in [1.165, 1.54) is 6.07 Å². The zero-order chi connectivity index (χ0) is 10.8. The predicted octanol–water partition coefficient (Wildman–Crippen LogP) is 2.72. The number of hydrogen-bond acceptors (Lipinski definition) is 2. The van der Waals surface area contributed by atoms with Gasteiger partial charge >= 0.3 is 0 Å². The molecule has 2 rings (SSSR count). The van der Waals surface area contributed by atoms with Crippen molar-refractivity contribution < 1.29 is 9.13 Å². The second kappa shape index (κ2) is 4.19. The van der Waals surface area contributed by atoms with Crippen LogP contribution in [0.4, 0.5) is 10.1 Å². The predicted molar refractivity (Wildman–Crippen MR) is 58.6 cm³/mol. The van der Waals surface area contributed by atoms with Crippen LogP contribution in [0.25, 0.3) is 0 Å². The molecule has 0 bridgehead atoms. The van der Waals surface area contributed by atoms with Gasteiger partial charge in [-0.2, -0.15) is 0 Å². The molecular formula is C12H16FNO. The summed E-state index contributed by atoms with van der Waals surface area (Å²) in [5, 5.41) is 3.33. The summed E-state index contributed by atoms with van der Waals surface area (Å²) in [7, 11) is 1.73. The molecular weight excluding hydrogens is 193 g/mol. The summed E-state index contributed by atoms with van der Waals surface area (Å²) >= 11 is 0. The molecule has 82 valence electrons. The zero-order valence-corrected chi connectivity index (χ0v) is 9.09. The Bertz CT molecular complexity index is 347. The maximum absolute atomic E-state index is 13.0. The quantitative estimate of drug-likeness (QED) is 0.826. The van der Waals surface area contributed by atoms with Crippen LogP contribution in [0.2, 0.25) is 0 Å². The van der Waals surface area contributed by atoms with E-state index in [1.54, 1.807) is 19.2 Å². The van der Waals surface area contributed by atoms with Crippen molar-refractivity contribution in [3.8, 4) is 0 Å². The highest BCUT2D eigenvalue weighted by atomic mass is 19.1. The first kappa shape index (κ1) is 10.4. The van der Waals surface area contributed by atoms with Crippen molar-refractivity contribution in [2.75, 3.05) is 12.4 Å². The summed E-state index contributed by atoms with van der Waals surface area (Å²) in [6, 6.07) is 5.26. The van der Waals surface area contributed by atoms with Gasteiger partial charge in [-0.15, -0.1) is 0 Å². The molecule has 0 spiro atoms. The number of hydrogen-bond donors (Lipinski definition) is 1. The van der Waals surface area contributed by atoms with Crippen LogP contribution in [0, 0.1) is 12.7 Å². The minimum absolute atomic E-state index is 0.189. The highest BCUT2D eigenvalue weighted by Crippen LogP contribution is 2.27. The van der Waals surface area contributed by atoms with Gasteiger partial charge in [-0.3, -0.25) is 0 Å². The normalized spacial score (nSPS) is 24.7. The van der Waals surface area contributed by atoms with Crippen LogP contribution in [0.3, 0.4) is 0 Å². The molecule has 0 radical (unpaired) electrons. The van der Waals surface area contributed by atoms with Gasteiger partial charge < -0.3 is 10.1 Å². The number of methoxy groups -OCH3 is 1. The van der Waals surface area contributed by atoms with Crippen LogP contribution < -0.4 is 5.32 Å². The molecule has 1 aromatic rings. The third kappa shape index (κ3) is 2.29. The largest absolute Gasteiger partial charge is 0.382 e. The van der Waals surface area contributed by atoms with Crippen molar-refractivity contribution in [2.24, 2.45) is 0 Å². The van der Waals surface area contributed by atoms with E-state index in [0.29, 0.717) is 12.1 Å². The van der Waals surface area contributed by atoms with E-state index in [2.05, 4.69) is 5.32 Å². The lowest BCUT2D eigenvalue weighted by molar-refractivity contribution is 0.0328. The summed E-state index contributed by atoms with van der Waals surface area (Å²) in [5.41, 5.74) is 1.98. The van der Waals surface area contributed by atoms with Gasteiger partial charge in [0, 0.05) is 18.8 Å². The van der Waals surface area contributed by atoms with Gasteiger partial charge in [0.1, 0.15) is 5.82 Å². The Kier molecular flexibility index (Phi) is 2.91. The van der Waals surface area contributed by atoms with Crippen LogP contribution >= 0.6 is 0 Å². The monoisotopic (exact) mass is 209 g/mol. The van der Waals surface area contributed by atoms with Gasteiger partial charge in [-0.05, 0) is 37.5 Å². The lowest BCUT2D eigenvalue weighted by Gasteiger charge is -2.35. The van der Waals surface area contributed by atoms with Gasteiger partial charge in [0.25, 0.3) is 0 Å². The Labute approximate surface area is 89.4 Å². The van der Waals surface area contributed by atoms with E-state index in [0.717, 1.165) is 24.1 Å². The van der Waals surface area contributed by atoms with E-state index < -0.39 is 0 Å². The SMILES string of the molecule is COC1CC(Nc2cc(F)ccc2C)C1. The fraction of sp³-hybridized carbons (Fsp3) is 0.500. The second-order valence-corrected chi connectivity index (χ2v) is 4.13. The van der Waals surface area contributed by atoms with Crippen LogP contribution in [-0.4, -0.2) is 19.3 Å². The third-order valence-electron chi connectivity index (χ3n) is 2.99. The lowest BCUT2D eigenvalue weighted by Crippen LogP contribution is -2.40. The van der Waals surface area contributed by atoms with Crippen LogP contribution in [0.1, 0.15) is 18.4 Å². The Balaban J connectivity index is 1.97. The summed E-state index contributed by atoms with van der Waals surface area (Å²) in [5.74, 6) is -0.189. The number of halogens is 1. The minimum Gasteiger partial charge on any atom is -0.382 e. The van der Waals surface area contributed by atoms with E-state index in [9.17, 15) is 4.39 Å². The lowest BCUT2D eigenvalue weighted by atomic mass is 9.89. The Hall–Kier alpha value is -1.09. The van der Waals surface area contributed by atoms with Crippen LogP contribution in [0.15, 0.2) is 18.2 Å². The van der Waals surface area contributed by atoms with Gasteiger partial charge in [-0.1, -0.05) is 6.07 Å². The average molecular weight is 209 g/mol. The topological polar surface area (TPSA) is 21.3 Å². The highest BCUT2D eigenvalue weighted by Gasteiger charge is 2.28. The summed E-state index contributed by atoms with van der Waals surface area (Å²) < 4.78 is 18.2. The summed E-state index contributed by atoms with van der Waals surface area (Å²) in [4.78, 5) is 0. The molecule has 1 aromatic carbocycles.